The van der Waals surface area contributed by atoms with Crippen molar-refractivity contribution >= 4 is 29.8 Å². The van der Waals surface area contributed by atoms with Gasteiger partial charge >= 0.3 is 29.8 Å². The standard InChI is InChI=1S/C35H52O12/c1-8-24(36)42-18-21-29-22(44-25(37)9-2)17-20(6)13-14-23(45-26(38)10-3)35(19-43-35)34(41)16-15-33(7,31(21)34)32(47-28(40)12-5)30(29)46-27(39)11-4/h20,22-23,30-32,41H,8-19H2,1-7H3/t20-,22?,23+,30+,31+,32-,33-,34-,35?/m0/s1. The van der Waals surface area contributed by atoms with E-state index in [1.54, 1.807) is 34.6 Å². The first-order valence-corrected chi connectivity index (χ1v) is 17.3. The zero-order chi connectivity index (χ0) is 34.7. The predicted octanol–water partition coefficient (Wildman–Crippen LogP) is 4.27. The van der Waals surface area contributed by atoms with Crippen LogP contribution in [0, 0.1) is 17.3 Å². The second-order valence-electron chi connectivity index (χ2n) is 13.6. The van der Waals surface area contributed by atoms with Gasteiger partial charge in [0.05, 0.1) is 6.61 Å². The van der Waals surface area contributed by atoms with Crippen molar-refractivity contribution in [1.29, 1.82) is 0 Å². The monoisotopic (exact) mass is 664 g/mol. The van der Waals surface area contributed by atoms with E-state index in [9.17, 15) is 29.1 Å². The quantitative estimate of drug-likeness (QED) is 0.145. The van der Waals surface area contributed by atoms with E-state index < -0.39 is 76.8 Å². The number of carbonyl (C=O) groups excluding carboxylic acids is 5. The Morgan fingerprint density at radius 3 is 1.91 bits per heavy atom. The Labute approximate surface area is 277 Å². The second-order valence-corrected chi connectivity index (χ2v) is 13.6. The Bertz CT molecular complexity index is 1250. The van der Waals surface area contributed by atoms with Gasteiger partial charge in [-0.15, -0.1) is 0 Å². The molecule has 3 aliphatic carbocycles. The van der Waals surface area contributed by atoms with Crippen LogP contribution < -0.4 is 0 Å². The van der Waals surface area contributed by atoms with E-state index in [-0.39, 0.29) is 64.1 Å². The Balaban J connectivity index is 2.08. The lowest BCUT2D eigenvalue weighted by molar-refractivity contribution is -0.193. The summed E-state index contributed by atoms with van der Waals surface area (Å²) in [5.74, 6) is -3.51. The minimum absolute atomic E-state index is 0.0275. The summed E-state index contributed by atoms with van der Waals surface area (Å²) in [7, 11) is 0. The molecule has 264 valence electrons. The van der Waals surface area contributed by atoms with Crippen molar-refractivity contribution in [2.45, 2.75) is 148 Å². The first-order chi connectivity index (χ1) is 22.2. The fourth-order valence-electron chi connectivity index (χ4n) is 8.01. The van der Waals surface area contributed by atoms with Crippen LogP contribution in [0.2, 0.25) is 0 Å². The number of carbonyl (C=O) groups is 5. The lowest BCUT2D eigenvalue weighted by Crippen LogP contribution is -2.63. The van der Waals surface area contributed by atoms with Gasteiger partial charge in [-0.05, 0) is 43.6 Å². The summed E-state index contributed by atoms with van der Waals surface area (Å²) in [5.41, 5.74) is -3.26. The van der Waals surface area contributed by atoms with E-state index >= 15 is 0 Å². The van der Waals surface area contributed by atoms with E-state index in [1.807, 2.05) is 13.8 Å². The zero-order valence-corrected chi connectivity index (χ0v) is 28.9. The number of esters is 5. The van der Waals surface area contributed by atoms with Crippen LogP contribution in [0.3, 0.4) is 0 Å². The molecule has 2 bridgehead atoms. The smallest absolute Gasteiger partial charge is 0.306 e. The van der Waals surface area contributed by atoms with Crippen molar-refractivity contribution < 1.29 is 57.5 Å². The molecule has 9 atom stereocenters. The molecule has 12 nitrogen and oxygen atoms in total. The number of ether oxygens (including phenoxy) is 6. The van der Waals surface area contributed by atoms with Gasteiger partial charge in [0, 0.05) is 49.0 Å². The van der Waals surface area contributed by atoms with Gasteiger partial charge < -0.3 is 33.5 Å². The van der Waals surface area contributed by atoms with Crippen LogP contribution in [0.5, 0.6) is 0 Å². The van der Waals surface area contributed by atoms with E-state index in [0.717, 1.165) is 0 Å². The molecule has 47 heavy (non-hydrogen) atoms. The van der Waals surface area contributed by atoms with Crippen molar-refractivity contribution in [2.75, 3.05) is 13.2 Å². The van der Waals surface area contributed by atoms with Crippen molar-refractivity contribution in [3.63, 3.8) is 0 Å². The largest absolute Gasteiger partial charge is 0.461 e. The average molecular weight is 665 g/mol. The molecule has 2 fully saturated rings. The summed E-state index contributed by atoms with van der Waals surface area (Å²) >= 11 is 0. The molecule has 1 heterocycles. The Morgan fingerprint density at radius 2 is 1.34 bits per heavy atom. The fraction of sp³-hybridized carbons (Fsp3) is 0.800. The molecule has 12 heteroatoms. The van der Waals surface area contributed by atoms with Gasteiger partial charge in [0.1, 0.15) is 30.5 Å². The summed E-state index contributed by atoms with van der Waals surface area (Å²) in [6.07, 6.45) is -2.00. The number of fused-ring (bicyclic) bond motifs is 1. The highest BCUT2D eigenvalue weighted by molar-refractivity contribution is 5.72. The molecule has 0 radical (unpaired) electrons. The molecule has 1 saturated carbocycles. The number of epoxide rings is 1. The molecular formula is C35H52O12. The highest BCUT2D eigenvalue weighted by atomic mass is 16.7. The molecule has 0 aromatic heterocycles. The van der Waals surface area contributed by atoms with Crippen molar-refractivity contribution in [3.8, 4) is 0 Å². The van der Waals surface area contributed by atoms with Crippen LogP contribution >= 0.6 is 0 Å². The van der Waals surface area contributed by atoms with Crippen molar-refractivity contribution in [1.82, 2.24) is 0 Å². The maximum Gasteiger partial charge on any atom is 0.306 e. The third-order valence-corrected chi connectivity index (χ3v) is 10.6. The third-order valence-electron chi connectivity index (χ3n) is 10.6. The molecule has 1 spiro atoms. The molecular weight excluding hydrogens is 612 g/mol. The minimum atomic E-state index is -1.69. The molecule has 1 N–H and O–H groups in total. The summed E-state index contributed by atoms with van der Waals surface area (Å²) in [5, 5.41) is 13.1. The van der Waals surface area contributed by atoms with Crippen molar-refractivity contribution in [2.24, 2.45) is 17.3 Å². The number of aliphatic hydroxyl groups is 1. The van der Waals surface area contributed by atoms with Gasteiger partial charge in [-0.1, -0.05) is 48.5 Å². The normalized spacial score (nSPS) is 36.2. The van der Waals surface area contributed by atoms with E-state index in [0.29, 0.717) is 30.4 Å². The van der Waals surface area contributed by atoms with E-state index in [4.69, 9.17) is 28.4 Å². The van der Waals surface area contributed by atoms with Gasteiger partial charge in [0.2, 0.25) is 0 Å². The molecule has 0 aromatic rings. The molecule has 0 aromatic carbocycles. The van der Waals surface area contributed by atoms with Crippen LogP contribution in [-0.4, -0.2) is 83.8 Å². The highest BCUT2D eigenvalue weighted by Gasteiger charge is 2.77. The first-order valence-electron chi connectivity index (χ1n) is 17.3. The third kappa shape index (κ3) is 6.95. The molecule has 4 rings (SSSR count). The highest BCUT2D eigenvalue weighted by Crippen LogP contribution is 2.66. The fourth-order valence-corrected chi connectivity index (χ4v) is 8.01. The van der Waals surface area contributed by atoms with Gasteiger partial charge in [0.15, 0.2) is 11.7 Å². The molecule has 1 saturated heterocycles. The predicted molar refractivity (Wildman–Crippen MR) is 166 cm³/mol. The maximum atomic E-state index is 13.1. The number of hydrogen-bond donors (Lipinski definition) is 1. The lowest BCUT2D eigenvalue weighted by Gasteiger charge is -2.52. The van der Waals surface area contributed by atoms with Gasteiger partial charge in [-0.25, -0.2) is 0 Å². The summed E-state index contributed by atoms with van der Waals surface area (Å²) in [6, 6.07) is 0. The van der Waals surface area contributed by atoms with Crippen LogP contribution in [0.25, 0.3) is 0 Å². The molecule has 2 unspecified atom stereocenters. The molecule has 1 aliphatic heterocycles. The number of hydrogen-bond acceptors (Lipinski definition) is 12. The maximum absolute atomic E-state index is 13.1. The Hall–Kier alpha value is -2.99. The van der Waals surface area contributed by atoms with Crippen LogP contribution in [0.1, 0.15) is 113 Å². The van der Waals surface area contributed by atoms with E-state index in [2.05, 4.69) is 0 Å². The molecule has 4 aliphatic rings. The van der Waals surface area contributed by atoms with E-state index in [1.165, 1.54) is 0 Å². The Morgan fingerprint density at radius 1 is 0.787 bits per heavy atom. The first kappa shape index (κ1) is 36.8. The van der Waals surface area contributed by atoms with Gasteiger partial charge in [-0.2, -0.15) is 0 Å². The lowest BCUT2D eigenvalue weighted by atomic mass is 9.58. The zero-order valence-electron chi connectivity index (χ0n) is 28.9. The van der Waals surface area contributed by atoms with Crippen molar-refractivity contribution in [3.05, 3.63) is 11.1 Å². The summed E-state index contributed by atoms with van der Waals surface area (Å²) < 4.78 is 36.4. The van der Waals surface area contributed by atoms with Crippen LogP contribution in [0.15, 0.2) is 11.1 Å². The van der Waals surface area contributed by atoms with Gasteiger partial charge in [-0.3, -0.25) is 24.0 Å². The summed E-state index contributed by atoms with van der Waals surface area (Å²) in [6.45, 7) is 12.0. The topological polar surface area (TPSA) is 164 Å². The van der Waals surface area contributed by atoms with Crippen LogP contribution in [0.4, 0.5) is 0 Å². The number of rotatable bonds is 11. The SMILES string of the molecule is CCC(=O)OCC1=C2C(OC(=O)CC)C[C@@H](C)CC[C@@H](OC(=O)CC)C3(CO3)[C@]3(O)CC[C@@](C)([C@@H]13)[C@@H](OC(=O)CC)[C@@H]2OC(=O)CC. The second kappa shape index (κ2) is 14.6. The van der Waals surface area contributed by atoms with Crippen LogP contribution in [-0.2, 0) is 52.4 Å². The molecule has 0 amide bonds. The summed E-state index contributed by atoms with van der Waals surface area (Å²) in [4.78, 5) is 64.6. The average Bonchev–Trinajstić information content (AvgIpc) is 3.82. The minimum Gasteiger partial charge on any atom is -0.461 e. The van der Waals surface area contributed by atoms with Gasteiger partial charge in [0.25, 0.3) is 0 Å². The Kier molecular flexibility index (Phi) is 11.5.